The fourth-order valence-electron chi connectivity index (χ4n) is 2.43. The normalized spacial score (nSPS) is 20.4. The van der Waals surface area contributed by atoms with E-state index in [1.807, 2.05) is 18.3 Å². The maximum absolute atomic E-state index is 5.38. The molecule has 1 saturated heterocycles. The lowest BCUT2D eigenvalue weighted by Crippen LogP contribution is -2.36. The van der Waals surface area contributed by atoms with Crippen LogP contribution in [0, 0.1) is 5.92 Å². The Morgan fingerprint density at radius 3 is 3.24 bits per heavy atom. The molecule has 0 amide bonds. The first-order valence-electron chi connectivity index (χ1n) is 6.15. The number of hydrogen-bond donors (Lipinski definition) is 0. The summed E-state index contributed by atoms with van der Waals surface area (Å²) in [6.07, 6.45) is 5.66. The van der Waals surface area contributed by atoms with Gasteiger partial charge >= 0.3 is 0 Å². The molecule has 0 aromatic carbocycles. The fraction of sp³-hybridized carbons (Fsp3) is 0.615. The quantitative estimate of drug-likeness (QED) is 0.799. The van der Waals surface area contributed by atoms with Crippen molar-refractivity contribution in [2.45, 2.75) is 19.3 Å². The number of piperidine rings is 1. The highest BCUT2D eigenvalue weighted by atomic mass is 79.9. The fourth-order valence-corrected chi connectivity index (χ4v) is 3.07. The van der Waals surface area contributed by atoms with E-state index < -0.39 is 0 Å². The molecule has 1 aliphatic heterocycles. The summed E-state index contributed by atoms with van der Waals surface area (Å²) in [5, 5.41) is 1.09. The van der Waals surface area contributed by atoms with Gasteiger partial charge in [0.2, 0.25) is 0 Å². The standard InChI is InChI=1S/C13H19BrN2O/c1-17-12-5-2-8-15-13(12)16-9-3-4-11(10-16)6-7-14/h2,5,8,11H,3-4,6-7,9-10H2,1H3. The van der Waals surface area contributed by atoms with Gasteiger partial charge in [-0.25, -0.2) is 4.98 Å². The van der Waals surface area contributed by atoms with E-state index in [9.17, 15) is 0 Å². The lowest BCUT2D eigenvalue weighted by Gasteiger charge is -2.34. The zero-order chi connectivity index (χ0) is 12.1. The van der Waals surface area contributed by atoms with Gasteiger partial charge in [-0.1, -0.05) is 15.9 Å². The SMILES string of the molecule is COc1cccnc1N1CCCC(CCBr)C1. The molecule has 2 rings (SSSR count). The summed E-state index contributed by atoms with van der Waals surface area (Å²) in [5.41, 5.74) is 0. The lowest BCUT2D eigenvalue weighted by molar-refractivity contribution is 0.388. The number of aromatic nitrogens is 1. The Kier molecular flexibility index (Phi) is 4.66. The molecule has 1 aromatic rings. The molecule has 1 unspecified atom stereocenters. The molecule has 2 heterocycles. The first-order valence-corrected chi connectivity index (χ1v) is 7.27. The minimum atomic E-state index is 0.773. The lowest BCUT2D eigenvalue weighted by atomic mass is 9.95. The molecule has 0 bridgehead atoms. The highest BCUT2D eigenvalue weighted by molar-refractivity contribution is 9.09. The summed E-state index contributed by atoms with van der Waals surface area (Å²) < 4.78 is 5.38. The third kappa shape index (κ3) is 3.12. The van der Waals surface area contributed by atoms with Gasteiger partial charge in [0.05, 0.1) is 7.11 Å². The molecule has 0 saturated carbocycles. The number of nitrogens with zero attached hydrogens (tertiary/aromatic N) is 2. The average Bonchev–Trinajstić information content (AvgIpc) is 2.39. The van der Waals surface area contributed by atoms with E-state index in [4.69, 9.17) is 4.74 Å². The second-order valence-corrected chi connectivity index (χ2v) is 5.25. The number of methoxy groups -OCH3 is 1. The van der Waals surface area contributed by atoms with Crippen molar-refractivity contribution in [1.29, 1.82) is 0 Å². The Bertz CT molecular complexity index is 357. The first-order chi connectivity index (χ1) is 8.35. The Hall–Kier alpha value is -0.770. The molecule has 0 spiro atoms. The third-order valence-corrected chi connectivity index (χ3v) is 3.76. The number of alkyl halides is 1. The topological polar surface area (TPSA) is 25.4 Å². The molecular weight excluding hydrogens is 280 g/mol. The van der Waals surface area contributed by atoms with Crippen LogP contribution in [-0.4, -0.2) is 30.5 Å². The van der Waals surface area contributed by atoms with Crippen LogP contribution in [-0.2, 0) is 0 Å². The molecule has 1 aliphatic rings. The van der Waals surface area contributed by atoms with Gasteiger partial charge in [-0.05, 0) is 37.3 Å². The predicted molar refractivity (Wildman–Crippen MR) is 74.1 cm³/mol. The van der Waals surface area contributed by atoms with Crippen LogP contribution >= 0.6 is 15.9 Å². The Balaban J connectivity index is 2.10. The Morgan fingerprint density at radius 1 is 1.59 bits per heavy atom. The van der Waals surface area contributed by atoms with E-state index in [0.717, 1.165) is 35.9 Å². The highest BCUT2D eigenvalue weighted by Gasteiger charge is 2.22. The van der Waals surface area contributed by atoms with Crippen molar-refractivity contribution in [3.05, 3.63) is 18.3 Å². The number of anilines is 1. The van der Waals surface area contributed by atoms with Crippen LogP contribution in [0.25, 0.3) is 0 Å². The summed E-state index contributed by atoms with van der Waals surface area (Å²) in [4.78, 5) is 6.81. The van der Waals surface area contributed by atoms with Gasteiger partial charge in [-0.2, -0.15) is 0 Å². The van der Waals surface area contributed by atoms with E-state index in [2.05, 4.69) is 25.8 Å². The van der Waals surface area contributed by atoms with E-state index in [1.54, 1.807) is 7.11 Å². The molecule has 17 heavy (non-hydrogen) atoms. The average molecular weight is 299 g/mol. The van der Waals surface area contributed by atoms with Crippen molar-refractivity contribution in [3.8, 4) is 5.75 Å². The number of pyridine rings is 1. The van der Waals surface area contributed by atoms with E-state index in [0.29, 0.717) is 0 Å². The maximum atomic E-state index is 5.38. The summed E-state index contributed by atoms with van der Waals surface area (Å²) in [6, 6.07) is 3.90. The van der Waals surface area contributed by atoms with E-state index in [1.165, 1.54) is 19.3 Å². The zero-order valence-electron chi connectivity index (χ0n) is 10.2. The van der Waals surface area contributed by atoms with E-state index >= 15 is 0 Å². The number of hydrogen-bond acceptors (Lipinski definition) is 3. The van der Waals surface area contributed by atoms with Gasteiger partial charge in [0.15, 0.2) is 11.6 Å². The molecule has 4 heteroatoms. The monoisotopic (exact) mass is 298 g/mol. The first kappa shape index (κ1) is 12.7. The molecule has 0 radical (unpaired) electrons. The number of rotatable bonds is 4. The van der Waals surface area contributed by atoms with Crippen molar-refractivity contribution in [2.75, 3.05) is 30.4 Å². The van der Waals surface area contributed by atoms with Gasteiger partial charge in [0, 0.05) is 24.6 Å². The van der Waals surface area contributed by atoms with Crippen molar-refractivity contribution in [2.24, 2.45) is 5.92 Å². The van der Waals surface area contributed by atoms with Crippen LogP contribution < -0.4 is 9.64 Å². The van der Waals surface area contributed by atoms with Crippen LogP contribution in [0.15, 0.2) is 18.3 Å². The highest BCUT2D eigenvalue weighted by Crippen LogP contribution is 2.30. The van der Waals surface area contributed by atoms with Crippen molar-refractivity contribution in [1.82, 2.24) is 4.98 Å². The molecular formula is C13H19BrN2O. The van der Waals surface area contributed by atoms with Gasteiger partial charge < -0.3 is 9.64 Å². The van der Waals surface area contributed by atoms with E-state index in [-0.39, 0.29) is 0 Å². The van der Waals surface area contributed by atoms with Crippen LogP contribution in [0.3, 0.4) is 0 Å². The molecule has 1 atom stereocenters. The zero-order valence-corrected chi connectivity index (χ0v) is 11.8. The summed E-state index contributed by atoms with van der Waals surface area (Å²) in [5.74, 6) is 2.65. The number of halogens is 1. The maximum Gasteiger partial charge on any atom is 0.171 e. The molecule has 1 aromatic heterocycles. The Labute approximate surface area is 111 Å². The molecule has 94 valence electrons. The van der Waals surface area contributed by atoms with Crippen LogP contribution in [0.2, 0.25) is 0 Å². The van der Waals surface area contributed by atoms with Gasteiger partial charge in [0.25, 0.3) is 0 Å². The smallest absolute Gasteiger partial charge is 0.171 e. The molecule has 0 aliphatic carbocycles. The second kappa shape index (κ2) is 6.24. The van der Waals surface area contributed by atoms with Gasteiger partial charge in [0.1, 0.15) is 0 Å². The minimum Gasteiger partial charge on any atom is -0.493 e. The summed E-state index contributed by atoms with van der Waals surface area (Å²) >= 11 is 3.53. The summed E-state index contributed by atoms with van der Waals surface area (Å²) in [7, 11) is 1.71. The molecule has 3 nitrogen and oxygen atoms in total. The third-order valence-electron chi connectivity index (χ3n) is 3.31. The minimum absolute atomic E-state index is 0.773. The predicted octanol–water partition coefficient (Wildman–Crippen LogP) is 3.09. The molecule has 0 N–H and O–H groups in total. The largest absolute Gasteiger partial charge is 0.493 e. The van der Waals surface area contributed by atoms with Crippen LogP contribution in [0.5, 0.6) is 5.75 Å². The van der Waals surface area contributed by atoms with Crippen molar-refractivity contribution in [3.63, 3.8) is 0 Å². The van der Waals surface area contributed by atoms with Gasteiger partial charge in [-0.15, -0.1) is 0 Å². The van der Waals surface area contributed by atoms with Crippen LogP contribution in [0.4, 0.5) is 5.82 Å². The number of ether oxygens (including phenoxy) is 1. The van der Waals surface area contributed by atoms with Gasteiger partial charge in [-0.3, -0.25) is 0 Å². The molecule has 1 fully saturated rings. The van der Waals surface area contributed by atoms with Crippen molar-refractivity contribution < 1.29 is 4.74 Å². The Morgan fingerprint density at radius 2 is 2.47 bits per heavy atom. The second-order valence-electron chi connectivity index (χ2n) is 4.46. The van der Waals surface area contributed by atoms with Crippen LogP contribution in [0.1, 0.15) is 19.3 Å². The van der Waals surface area contributed by atoms with Crippen molar-refractivity contribution >= 4 is 21.7 Å². The summed E-state index contributed by atoms with van der Waals surface area (Å²) in [6.45, 7) is 2.19.